The van der Waals surface area contributed by atoms with Gasteiger partial charge in [0.05, 0.1) is 12.7 Å². The zero-order chi connectivity index (χ0) is 14.0. The quantitative estimate of drug-likeness (QED) is 0.716. The van der Waals surface area contributed by atoms with Crippen LogP contribution in [-0.4, -0.2) is 62.0 Å². The molecule has 20 heavy (non-hydrogen) atoms. The van der Waals surface area contributed by atoms with Gasteiger partial charge in [-0.2, -0.15) is 0 Å². The number of nitrogens with zero attached hydrogens (tertiary/aromatic N) is 1. The maximum Gasteiger partial charge on any atom is 0.323 e. The highest BCUT2D eigenvalue weighted by Crippen LogP contribution is 2.38. The summed E-state index contributed by atoms with van der Waals surface area (Å²) in [5, 5.41) is 0. The van der Waals surface area contributed by atoms with Crippen molar-refractivity contribution in [3.05, 3.63) is 0 Å². The smallest absolute Gasteiger partial charge is 0.323 e. The van der Waals surface area contributed by atoms with Crippen LogP contribution in [0.1, 0.15) is 38.5 Å². The van der Waals surface area contributed by atoms with Crippen LogP contribution < -0.4 is 0 Å². The van der Waals surface area contributed by atoms with E-state index in [1.54, 1.807) is 0 Å². The number of hydrogen-bond donors (Lipinski definition) is 0. The van der Waals surface area contributed by atoms with Crippen molar-refractivity contribution in [1.82, 2.24) is 4.90 Å². The monoisotopic (exact) mass is 283 g/mol. The van der Waals surface area contributed by atoms with Gasteiger partial charge in [0.25, 0.3) is 0 Å². The zero-order valence-electron chi connectivity index (χ0n) is 12.3. The summed E-state index contributed by atoms with van der Waals surface area (Å²) in [5.74, 6) is -0.0741. The Bertz CT molecular complexity index is 348. The first-order valence-corrected chi connectivity index (χ1v) is 7.79. The van der Waals surface area contributed by atoms with Crippen molar-refractivity contribution in [3.63, 3.8) is 0 Å². The van der Waals surface area contributed by atoms with Crippen molar-refractivity contribution in [2.75, 3.05) is 33.5 Å². The minimum absolute atomic E-state index is 0.00950. The van der Waals surface area contributed by atoms with E-state index < -0.39 is 0 Å². The predicted octanol–water partition coefficient (Wildman–Crippen LogP) is 1.35. The average Bonchev–Trinajstić information content (AvgIpc) is 2.97. The number of hydrogen-bond acceptors (Lipinski definition) is 5. The second-order valence-electron chi connectivity index (χ2n) is 6.21. The molecule has 114 valence electrons. The molecule has 3 aliphatic rings. The third-order valence-electron chi connectivity index (χ3n) is 5.11. The highest BCUT2D eigenvalue weighted by atomic mass is 16.5. The fourth-order valence-electron chi connectivity index (χ4n) is 3.99. The van der Waals surface area contributed by atoms with Gasteiger partial charge in [0.2, 0.25) is 0 Å². The third-order valence-corrected chi connectivity index (χ3v) is 5.11. The highest BCUT2D eigenvalue weighted by molar-refractivity contribution is 5.76. The van der Waals surface area contributed by atoms with E-state index in [2.05, 4.69) is 4.90 Å². The minimum atomic E-state index is -0.0741. The average molecular weight is 283 g/mol. The van der Waals surface area contributed by atoms with E-state index >= 15 is 0 Å². The molecule has 3 aliphatic heterocycles. The molecule has 3 heterocycles. The summed E-state index contributed by atoms with van der Waals surface area (Å²) in [6.07, 6.45) is 6.05. The molecule has 0 aromatic heterocycles. The Morgan fingerprint density at radius 1 is 1.25 bits per heavy atom. The molecule has 5 nitrogen and oxygen atoms in total. The summed E-state index contributed by atoms with van der Waals surface area (Å²) in [4.78, 5) is 14.3. The van der Waals surface area contributed by atoms with Gasteiger partial charge in [-0.15, -0.1) is 0 Å². The van der Waals surface area contributed by atoms with Crippen molar-refractivity contribution in [1.29, 1.82) is 0 Å². The second kappa shape index (κ2) is 6.00. The number of rotatable bonds is 2. The van der Waals surface area contributed by atoms with Crippen molar-refractivity contribution in [2.45, 2.75) is 56.2 Å². The lowest BCUT2D eigenvalue weighted by Crippen LogP contribution is -2.53. The molecular formula is C15H25NO4. The maximum absolute atomic E-state index is 11.9. The molecule has 0 aromatic carbocycles. The summed E-state index contributed by atoms with van der Waals surface area (Å²) < 4.78 is 16.5. The number of esters is 1. The van der Waals surface area contributed by atoms with Crippen molar-refractivity contribution < 1.29 is 19.0 Å². The minimum Gasteiger partial charge on any atom is -0.468 e. The van der Waals surface area contributed by atoms with Gasteiger partial charge in [0.1, 0.15) is 6.04 Å². The van der Waals surface area contributed by atoms with Crippen LogP contribution in [0.15, 0.2) is 0 Å². The van der Waals surface area contributed by atoms with E-state index in [9.17, 15) is 4.79 Å². The zero-order valence-corrected chi connectivity index (χ0v) is 12.3. The molecule has 0 N–H and O–H groups in total. The Balaban J connectivity index is 1.68. The lowest BCUT2D eigenvalue weighted by atomic mass is 9.83. The standard InChI is InChI=1S/C15H25NO4/c1-18-14(17)13-3-2-7-16(13)12-4-8-20-15(11-12)5-9-19-10-6-15/h12-13H,2-11H2,1H3. The van der Waals surface area contributed by atoms with E-state index in [1.165, 1.54) is 7.11 Å². The first kappa shape index (κ1) is 14.3. The van der Waals surface area contributed by atoms with E-state index in [1.807, 2.05) is 0 Å². The molecule has 0 radical (unpaired) electrons. The first-order valence-electron chi connectivity index (χ1n) is 7.79. The number of carbonyl (C=O) groups excluding carboxylic acids is 1. The van der Waals surface area contributed by atoms with E-state index in [4.69, 9.17) is 14.2 Å². The fourth-order valence-corrected chi connectivity index (χ4v) is 3.99. The number of methoxy groups -OCH3 is 1. The molecule has 0 saturated carbocycles. The van der Waals surface area contributed by atoms with Crippen LogP contribution in [-0.2, 0) is 19.0 Å². The Morgan fingerprint density at radius 3 is 2.80 bits per heavy atom. The molecule has 0 bridgehead atoms. The molecule has 1 spiro atoms. The van der Waals surface area contributed by atoms with E-state index in [-0.39, 0.29) is 17.6 Å². The Kier molecular flexibility index (Phi) is 4.29. The van der Waals surface area contributed by atoms with Crippen LogP contribution in [0, 0.1) is 0 Å². The normalized spacial score (nSPS) is 34.2. The molecule has 2 atom stereocenters. The Morgan fingerprint density at radius 2 is 2.05 bits per heavy atom. The van der Waals surface area contributed by atoms with Crippen LogP contribution in [0.3, 0.4) is 0 Å². The van der Waals surface area contributed by atoms with Gasteiger partial charge >= 0.3 is 5.97 Å². The highest BCUT2D eigenvalue weighted by Gasteiger charge is 2.44. The molecule has 0 aromatic rings. The van der Waals surface area contributed by atoms with Gasteiger partial charge in [-0.05, 0) is 45.1 Å². The van der Waals surface area contributed by atoms with Gasteiger partial charge in [-0.1, -0.05) is 0 Å². The van der Waals surface area contributed by atoms with Gasteiger partial charge in [-0.3, -0.25) is 9.69 Å². The predicted molar refractivity (Wildman–Crippen MR) is 73.5 cm³/mol. The molecule has 2 unspecified atom stereocenters. The van der Waals surface area contributed by atoms with Crippen LogP contribution in [0.2, 0.25) is 0 Å². The van der Waals surface area contributed by atoms with Crippen molar-refractivity contribution in [2.24, 2.45) is 0 Å². The number of ether oxygens (including phenoxy) is 3. The molecular weight excluding hydrogens is 258 g/mol. The van der Waals surface area contributed by atoms with E-state index in [0.29, 0.717) is 6.04 Å². The fraction of sp³-hybridized carbons (Fsp3) is 0.933. The summed E-state index contributed by atoms with van der Waals surface area (Å²) in [5.41, 5.74) is -0.00950. The SMILES string of the molecule is COC(=O)C1CCCN1C1CCOC2(CCOCC2)C1. The lowest BCUT2D eigenvalue weighted by molar-refractivity contribution is -0.161. The summed E-state index contributed by atoms with van der Waals surface area (Å²) in [6, 6.07) is 0.411. The molecule has 5 heteroatoms. The Labute approximate surface area is 120 Å². The lowest BCUT2D eigenvalue weighted by Gasteiger charge is -2.46. The van der Waals surface area contributed by atoms with Crippen LogP contribution in [0.4, 0.5) is 0 Å². The van der Waals surface area contributed by atoms with Crippen LogP contribution in [0.25, 0.3) is 0 Å². The topological polar surface area (TPSA) is 48.0 Å². The molecule has 3 saturated heterocycles. The number of carbonyl (C=O) groups is 1. The first-order chi connectivity index (χ1) is 9.74. The van der Waals surface area contributed by atoms with Gasteiger partial charge in [0, 0.05) is 25.9 Å². The van der Waals surface area contributed by atoms with Crippen LogP contribution in [0.5, 0.6) is 0 Å². The summed E-state index contributed by atoms with van der Waals surface area (Å²) in [7, 11) is 1.49. The maximum atomic E-state index is 11.9. The largest absolute Gasteiger partial charge is 0.468 e. The van der Waals surface area contributed by atoms with Gasteiger partial charge in [0.15, 0.2) is 0 Å². The molecule has 3 fully saturated rings. The third kappa shape index (κ3) is 2.71. The second-order valence-corrected chi connectivity index (χ2v) is 6.21. The number of likely N-dealkylation sites (tertiary alicyclic amines) is 1. The van der Waals surface area contributed by atoms with Crippen molar-refractivity contribution in [3.8, 4) is 0 Å². The van der Waals surface area contributed by atoms with Gasteiger partial charge in [-0.25, -0.2) is 0 Å². The van der Waals surface area contributed by atoms with Crippen molar-refractivity contribution >= 4 is 5.97 Å². The van der Waals surface area contributed by atoms with E-state index in [0.717, 1.165) is 64.9 Å². The summed E-state index contributed by atoms with van der Waals surface area (Å²) >= 11 is 0. The van der Waals surface area contributed by atoms with Gasteiger partial charge < -0.3 is 14.2 Å². The Hall–Kier alpha value is -0.650. The molecule has 0 amide bonds. The van der Waals surface area contributed by atoms with Crippen LogP contribution >= 0.6 is 0 Å². The molecule has 3 rings (SSSR count). The molecule has 0 aliphatic carbocycles. The summed E-state index contributed by atoms with van der Waals surface area (Å²) in [6.45, 7) is 3.41.